The number of halogens is 2. The first-order chi connectivity index (χ1) is 9.99. The van der Waals surface area contributed by atoms with Crippen LogP contribution in [0.4, 0.5) is 14.5 Å². The fourth-order valence-corrected chi connectivity index (χ4v) is 1.76. The summed E-state index contributed by atoms with van der Waals surface area (Å²) in [5.74, 6) is -0.962. The molecular weight excluding hydrogens is 280 g/mol. The van der Waals surface area contributed by atoms with E-state index >= 15 is 0 Å². The lowest BCUT2D eigenvalue weighted by Gasteiger charge is -2.09. The van der Waals surface area contributed by atoms with Gasteiger partial charge in [-0.1, -0.05) is 13.8 Å². The lowest BCUT2D eigenvalue weighted by atomic mass is 10.1. The summed E-state index contributed by atoms with van der Waals surface area (Å²) in [6, 6.07) is 1.90. The first kappa shape index (κ1) is 15.3. The SMILES string of the molecule is CC(C)COCCn1nnnc1-c1cc(N)c(F)cc1F. The third-order valence-corrected chi connectivity index (χ3v) is 2.76. The largest absolute Gasteiger partial charge is 0.396 e. The number of nitrogens with two attached hydrogens (primary N) is 1. The number of hydrogen-bond acceptors (Lipinski definition) is 5. The van der Waals surface area contributed by atoms with Gasteiger partial charge in [0.25, 0.3) is 0 Å². The minimum Gasteiger partial charge on any atom is -0.396 e. The Hall–Kier alpha value is -2.09. The van der Waals surface area contributed by atoms with Crippen molar-refractivity contribution in [2.75, 3.05) is 18.9 Å². The fraction of sp³-hybridized carbons (Fsp3) is 0.462. The normalized spacial score (nSPS) is 11.3. The third-order valence-electron chi connectivity index (χ3n) is 2.76. The van der Waals surface area contributed by atoms with Crippen LogP contribution in [0.1, 0.15) is 13.8 Å². The Kier molecular flexibility index (Phi) is 4.79. The van der Waals surface area contributed by atoms with E-state index in [9.17, 15) is 8.78 Å². The van der Waals surface area contributed by atoms with Crippen molar-refractivity contribution in [1.82, 2.24) is 20.2 Å². The quantitative estimate of drug-likeness (QED) is 0.650. The van der Waals surface area contributed by atoms with Gasteiger partial charge in [0.2, 0.25) is 0 Å². The molecule has 0 atom stereocenters. The molecule has 0 aliphatic carbocycles. The van der Waals surface area contributed by atoms with Crippen LogP contribution in [0.3, 0.4) is 0 Å². The van der Waals surface area contributed by atoms with Crippen LogP contribution < -0.4 is 5.73 Å². The molecule has 0 radical (unpaired) electrons. The van der Waals surface area contributed by atoms with Crippen LogP contribution in [0.15, 0.2) is 12.1 Å². The highest BCUT2D eigenvalue weighted by atomic mass is 19.1. The Bertz CT molecular complexity index is 615. The van der Waals surface area contributed by atoms with Crippen LogP contribution in [-0.2, 0) is 11.3 Å². The zero-order valence-corrected chi connectivity index (χ0v) is 11.9. The molecule has 0 fully saturated rings. The summed E-state index contributed by atoms with van der Waals surface area (Å²) >= 11 is 0. The molecule has 0 bridgehead atoms. The number of anilines is 1. The second-order valence-electron chi connectivity index (χ2n) is 5.05. The van der Waals surface area contributed by atoms with Gasteiger partial charge in [0.05, 0.1) is 24.4 Å². The number of hydrogen-bond donors (Lipinski definition) is 1. The minimum absolute atomic E-state index is 0.0581. The maximum absolute atomic E-state index is 13.8. The van der Waals surface area contributed by atoms with Crippen LogP contribution in [-0.4, -0.2) is 33.4 Å². The molecule has 1 aromatic heterocycles. The number of tetrazole rings is 1. The van der Waals surface area contributed by atoms with Crippen molar-refractivity contribution in [3.05, 3.63) is 23.8 Å². The molecule has 0 amide bonds. The molecule has 0 saturated carbocycles. The van der Waals surface area contributed by atoms with Crippen molar-refractivity contribution >= 4 is 5.69 Å². The summed E-state index contributed by atoms with van der Waals surface area (Å²) in [6.45, 7) is 5.47. The molecule has 2 N–H and O–H groups in total. The smallest absolute Gasteiger partial charge is 0.185 e. The molecule has 0 aliphatic rings. The molecule has 1 heterocycles. The van der Waals surface area contributed by atoms with Crippen LogP contribution in [0, 0.1) is 17.6 Å². The van der Waals surface area contributed by atoms with E-state index in [2.05, 4.69) is 15.5 Å². The molecule has 21 heavy (non-hydrogen) atoms. The highest BCUT2D eigenvalue weighted by Gasteiger charge is 2.16. The minimum atomic E-state index is -0.810. The monoisotopic (exact) mass is 297 g/mol. The maximum atomic E-state index is 13.8. The van der Waals surface area contributed by atoms with E-state index in [4.69, 9.17) is 10.5 Å². The van der Waals surface area contributed by atoms with Crippen molar-refractivity contribution in [3.8, 4) is 11.4 Å². The van der Waals surface area contributed by atoms with Gasteiger partial charge < -0.3 is 10.5 Å². The number of nitrogen functional groups attached to an aromatic ring is 1. The van der Waals surface area contributed by atoms with E-state index in [0.717, 1.165) is 6.07 Å². The van der Waals surface area contributed by atoms with Crippen molar-refractivity contribution in [1.29, 1.82) is 0 Å². The second kappa shape index (κ2) is 6.57. The summed E-state index contributed by atoms with van der Waals surface area (Å²) < 4.78 is 33.9. The Morgan fingerprint density at radius 1 is 1.29 bits per heavy atom. The molecule has 114 valence electrons. The average Bonchev–Trinajstić information content (AvgIpc) is 2.87. The zero-order chi connectivity index (χ0) is 15.4. The topological polar surface area (TPSA) is 78.8 Å². The van der Waals surface area contributed by atoms with E-state index in [1.807, 2.05) is 13.8 Å². The molecule has 2 rings (SSSR count). The van der Waals surface area contributed by atoms with Crippen LogP contribution in [0.5, 0.6) is 0 Å². The Morgan fingerprint density at radius 2 is 2.05 bits per heavy atom. The number of aromatic nitrogens is 4. The fourth-order valence-electron chi connectivity index (χ4n) is 1.76. The third kappa shape index (κ3) is 3.72. The van der Waals surface area contributed by atoms with Gasteiger partial charge in [0.15, 0.2) is 5.82 Å². The van der Waals surface area contributed by atoms with Gasteiger partial charge in [-0.2, -0.15) is 0 Å². The molecular formula is C13H17F2N5O. The predicted molar refractivity (Wildman–Crippen MR) is 73.2 cm³/mol. The Labute approximate surface area is 120 Å². The number of benzene rings is 1. The van der Waals surface area contributed by atoms with E-state index in [1.54, 1.807) is 0 Å². The number of nitrogens with zero attached hydrogens (tertiary/aromatic N) is 4. The van der Waals surface area contributed by atoms with Gasteiger partial charge >= 0.3 is 0 Å². The lowest BCUT2D eigenvalue weighted by molar-refractivity contribution is 0.101. The highest BCUT2D eigenvalue weighted by molar-refractivity contribution is 5.62. The van der Waals surface area contributed by atoms with Crippen molar-refractivity contribution in [2.24, 2.45) is 5.92 Å². The Morgan fingerprint density at radius 3 is 2.76 bits per heavy atom. The van der Waals surface area contributed by atoms with E-state index < -0.39 is 11.6 Å². The van der Waals surface area contributed by atoms with Gasteiger partial charge in [0.1, 0.15) is 11.6 Å². The maximum Gasteiger partial charge on any atom is 0.185 e. The molecule has 0 unspecified atom stereocenters. The zero-order valence-electron chi connectivity index (χ0n) is 11.9. The van der Waals surface area contributed by atoms with Crippen molar-refractivity contribution < 1.29 is 13.5 Å². The van der Waals surface area contributed by atoms with Gasteiger partial charge in [-0.15, -0.1) is 5.10 Å². The van der Waals surface area contributed by atoms with Crippen molar-refractivity contribution in [3.63, 3.8) is 0 Å². The second-order valence-corrected chi connectivity index (χ2v) is 5.05. The lowest BCUT2D eigenvalue weighted by Crippen LogP contribution is -2.12. The van der Waals surface area contributed by atoms with Crippen molar-refractivity contribution in [2.45, 2.75) is 20.4 Å². The van der Waals surface area contributed by atoms with Gasteiger partial charge in [-0.05, 0) is 22.4 Å². The molecule has 1 aromatic carbocycles. The average molecular weight is 297 g/mol. The van der Waals surface area contributed by atoms with Crippen LogP contribution in [0.2, 0.25) is 0 Å². The van der Waals surface area contributed by atoms with Gasteiger partial charge in [-0.25, -0.2) is 13.5 Å². The van der Waals surface area contributed by atoms with E-state index in [0.29, 0.717) is 25.7 Å². The molecule has 0 saturated heterocycles. The van der Waals surface area contributed by atoms with Crippen LogP contribution in [0.25, 0.3) is 11.4 Å². The summed E-state index contributed by atoms with van der Waals surface area (Å²) in [4.78, 5) is 0. The standard InChI is InChI=1S/C13H17F2N5O/c1-8(2)7-21-4-3-20-13(17-18-19-20)9-5-12(16)11(15)6-10(9)14/h5-6,8H,3-4,7,16H2,1-2H3. The first-order valence-corrected chi connectivity index (χ1v) is 6.58. The molecule has 0 spiro atoms. The Balaban J connectivity index is 2.15. The molecule has 0 aliphatic heterocycles. The molecule has 2 aromatic rings. The molecule has 6 nitrogen and oxygen atoms in total. The highest BCUT2D eigenvalue weighted by Crippen LogP contribution is 2.24. The summed E-state index contributed by atoms with van der Waals surface area (Å²) in [5.41, 5.74) is 5.36. The predicted octanol–water partition coefficient (Wildman–Crippen LogP) is 1.87. The summed E-state index contributed by atoms with van der Waals surface area (Å²) in [6.07, 6.45) is 0. The summed E-state index contributed by atoms with van der Waals surface area (Å²) in [7, 11) is 0. The number of rotatable bonds is 6. The van der Waals surface area contributed by atoms with E-state index in [-0.39, 0.29) is 17.1 Å². The number of ether oxygens (including phenoxy) is 1. The van der Waals surface area contributed by atoms with Crippen LogP contribution >= 0.6 is 0 Å². The molecule has 8 heteroatoms. The first-order valence-electron chi connectivity index (χ1n) is 6.58. The van der Waals surface area contributed by atoms with Gasteiger partial charge in [-0.3, -0.25) is 0 Å². The van der Waals surface area contributed by atoms with Gasteiger partial charge in [0, 0.05) is 12.7 Å². The van der Waals surface area contributed by atoms with E-state index in [1.165, 1.54) is 10.7 Å². The summed E-state index contributed by atoms with van der Waals surface area (Å²) in [5, 5.41) is 11.0.